The standard InChI is InChI=1S/C27H23N3O4S/c1-17-3-8-20(9-4-17)28-25(31)15-35-27-29-22(13-19-7-12-23-24(14-19)34-16-33-23)26(32)30(27)21-10-5-18(2)6-11-21/h3-14H,15-16H2,1-2H3,(H,28,31). The maximum Gasteiger partial charge on any atom is 0.283 e. The van der Waals surface area contributed by atoms with Gasteiger partial charge in [-0.2, -0.15) is 0 Å². The lowest BCUT2D eigenvalue weighted by Gasteiger charge is -2.18. The summed E-state index contributed by atoms with van der Waals surface area (Å²) in [6.07, 6.45) is 1.71. The molecule has 0 saturated carbocycles. The first-order valence-corrected chi connectivity index (χ1v) is 12.1. The Hall–Kier alpha value is -4.04. The van der Waals surface area contributed by atoms with Crippen LogP contribution in [0.3, 0.4) is 0 Å². The molecule has 2 aliphatic heterocycles. The Morgan fingerprint density at radius 2 is 1.69 bits per heavy atom. The topological polar surface area (TPSA) is 80.2 Å². The van der Waals surface area contributed by atoms with E-state index in [9.17, 15) is 9.59 Å². The predicted octanol–water partition coefficient (Wildman–Crippen LogP) is 5.15. The highest BCUT2D eigenvalue weighted by molar-refractivity contribution is 8.14. The number of amides is 2. The molecule has 0 saturated heterocycles. The van der Waals surface area contributed by atoms with Gasteiger partial charge in [-0.15, -0.1) is 0 Å². The van der Waals surface area contributed by atoms with Crippen molar-refractivity contribution in [3.05, 3.63) is 89.1 Å². The molecule has 0 bridgehead atoms. The molecule has 3 aromatic carbocycles. The molecule has 5 rings (SSSR count). The molecule has 0 aliphatic carbocycles. The molecule has 3 aromatic rings. The first-order chi connectivity index (χ1) is 17.0. The first-order valence-electron chi connectivity index (χ1n) is 11.1. The number of carbonyl (C=O) groups excluding carboxylic acids is 2. The van der Waals surface area contributed by atoms with Crippen molar-refractivity contribution in [2.24, 2.45) is 4.99 Å². The van der Waals surface area contributed by atoms with Gasteiger partial charge in [0, 0.05) is 5.69 Å². The number of hydrogen-bond donors (Lipinski definition) is 1. The Balaban J connectivity index is 1.38. The first kappa shape index (κ1) is 22.7. The van der Waals surface area contributed by atoms with Gasteiger partial charge in [0.25, 0.3) is 5.91 Å². The van der Waals surface area contributed by atoms with Gasteiger partial charge in [-0.1, -0.05) is 53.2 Å². The lowest BCUT2D eigenvalue weighted by molar-refractivity contribution is -0.114. The Morgan fingerprint density at radius 1 is 1.00 bits per heavy atom. The summed E-state index contributed by atoms with van der Waals surface area (Å²) in [4.78, 5) is 32.1. The number of thioether (sulfide) groups is 1. The van der Waals surface area contributed by atoms with Gasteiger partial charge in [0.1, 0.15) is 5.70 Å². The van der Waals surface area contributed by atoms with Crippen LogP contribution in [0.4, 0.5) is 11.4 Å². The van der Waals surface area contributed by atoms with Crippen molar-refractivity contribution >= 4 is 46.2 Å². The molecule has 35 heavy (non-hydrogen) atoms. The minimum atomic E-state index is -0.257. The van der Waals surface area contributed by atoms with Crippen molar-refractivity contribution in [2.75, 3.05) is 22.8 Å². The number of fused-ring (bicyclic) bond motifs is 1. The minimum absolute atomic E-state index is 0.111. The van der Waals surface area contributed by atoms with E-state index < -0.39 is 0 Å². The van der Waals surface area contributed by atoms with Crippen LogP contribution in [0, 0.1) is 13.8 Å². The predicted molar refractivity (Wildman–Crippen MR) is 139 cm³/mol. The Bertz CT molecular complexity index is 1350. The molecule has 0 unspecified atom stereocenters. The smallest absolute Gasteiger partial charge is 0.283 e. The van der Waals surface area contributed by atoms with Crippen LogP contribution in [0.15, 0.2) is 77.4 Å². The summed E-state index contributed by atoms with van der Waals surface area (Å²) < 4.78 is 10.8. The lowest BCUT2D eigenvalue weighted by atomic mass is 10.1. The lowest BCUT2D eigenvalue weighted by Crippen LogP contribution is -2.31. The largest absolute Gasteiger partial charge is 0.454 e. The number of nitrogens with zero attached hydrogens (tertiary/aromatic N) is 2. The number of carbonyl (C=O) groups is 2. The van der Waals surface area contributed by atoms with Crippen molar-refractivity contribution < 1.29 is 19.1 Å². The Labute approximate surface area is 207 Å². The van der Waals surface area contributed by atoms with Gasteiger partial charge >= 0.3 is 0 Å². The second-order valence-corrected chi connectivity index (χ2v) is 9.16. The average Bonchev–Trinajstić information content (AvgIpc) is 3.44. The van der Waals surface area contributed by atoms with Crippen molar-refractivity contribution in [3.63, 3.8) is 0 Å². The number of aryl methyl sites for hydroxylation is 2. The fourth-order valence-corrected chi connectivity index (χ4v) is 4.45. The highest BCUT2D eigenvalue weighted by atomic mass is 32.2. The molecular weight excluding hydrogens is 462 g/mol. The van der Waals surface area contributed by atoms with E-state index in [1.807, 2.05) is 74.5 Å². The third-order valence-corrected chi connectivity index (χ3v) is 6.43. The van der Waals surface area contributed by atoms with Crippen molar-refractivity contribution in [1.29, 1.82) is 0 Å². The monoisotopic (exact) mass is 485 g/mol. The second-order valence-electron chi connectivity index (χ2n) is 8.22. The van der Waals surface area contributed by atoms with Gasteiger partial charge < -0.3 is 14.8 Å². The number of anilines is 2. The van der Waals surface area contributed by atoms with Crippen LogP contribution in [0.25, 0.3) is 6.08 Å². The van der Waals surface area contributed by atoms with Gasteiger partial charge in [-0.05, 0) is 61.9 Å². The summed E-state index contributed by atoms with van der Waals surface area (Å²) >= 11 is 1.22. The molecule has 0 aromatic heterocycles. The number of amidine groups is 1. The van der Waals surface area contributed by atoms with Crippen LogP contribution in [0.1, 0.15) is 16.7 Å². The van der Waals surface area contributed by atoms with Crippen LogP contribution in [0.5, 0.6) is 11.5 Å². The van der Waals surface area contributed by atoms with Crippen LogP contribution in [0.2, 0.25) is 0 Å². The Kier molecular flexibility index (Phi) is 6.29. The molecule has 0 spiro atoms. The third-order valence-electron chi connectivity index (χ3n) is 5.49. The maximum atomic E-state index is 13.4. The maximum absolute atomic E-state index is 13.4. The number of rotatable bonds is 5. The zero-order valence-corrected chi connectivity index (χ0v) is 20.1. The molecule has 7 nitrogen and oxygen atoms in total. The molecule has 2 amide bonds. The van der Waals surface area contributed by atoms with Crippen molar-refractivity contribution in [2.45, 2.75) is 13.8 Å². The quantitative estimate of drug-likeness (QED) is 0.506. The van der Waals surface area contributed by atoms with Crippen LogP contribution >= 0.6 is 11.8 Å². The molecule has 0 radical (unpaired) electrons. The summed E-state index contributed by atoms with van der Waals surface area (Å²) in [7, 11) is 0. The number of aliphatic imine (C=N–C) groups is 1. The van der Waals surface area contributed by atoms with E-state index in [1.165, 1.54) is 11.8 Å². The zero-order chi connectivity index (χ0) is 24.4. The molecule has 2 heterocycles. The van der Waals surface area contributed by atoms with Crippen LogP contribution in [-0.4, -0.2) is 29.5 Å². The molecule has 1 N–H and O–H groups in total. The number of ether oxygens (including phenoxy) is 2. The summed E-state index contributed by atoms with van der Waals surface area (Å²) in [6, 6.07) is 20.7. The van der Waals surface area contributed by atoms with Crippen LogP contribution in [-0.2, 0) is 9.59 Å². The van der Waals surface area contributed by atoms with Crippen LogP contribution < -0.4 is 19.7 Å². The van der Waals surface area contributed by atoms with E-state index in [0.29, 0.717) is 22.4 Å². The average molecular weight is 486 g/mol. The van der Waals surface area contributed by atoms with Gasteiger partial charge in [-0.3, -0.25) is 14.5 Å². The number of benzene rings is 3. The molecule has 8 heteroatoms. The van der Waals surface area contributed by atoms with E-state index in [1.54, 1.807) is 17.0 Å². The molecule has 0 atom stereocenters. The second kappa shape index (κ2) is 9.68. The summed E-state index contributed by atoms with van der Waals surface area (Å²) in [5, 5.41) is 3.33. The molecular formula is C27H23N3O4S. The minimum Gasteiger partial charge on any atom is -0.454 e. The number of nitrogens with one attached hydrogen (secondary N) is 1. The van der Waals surface area contributed by atoms with Crippen molar-refractivity contribution in [1.82, 2.24) is 0 Å². The van der Waals surface area contributed by atoms with Gasteiger partial charge in [0.05, 0.1) is 11.4 Å². The van der Waals surface area contributed by atoms with Gasteiger partial charge in [0.2, 0.25) is 12.7 Å². The highest BCUT2D eigenvalue weighted by Crippen LogP contribution is 2.34. The summed E-state index contributed by atoms with van der Waals surface area (Å²) in [5.41, 5.74) is 4.68. The van der Waals surface area contributed by atoms with E-state index in [0.717, 1.165) is 22.4 Å². The normalized spacial score (nSPS) is 15.5. The van der Waals surface area contributed by atoms with E-state index in [4.69, 9.17) is 9.47 Å². The zero-order valence-electron chi connectivity index (χ0n) is 19.3. The molecule has 2 aliphatic rings. The summed E-state index contributed by atoms with van der Waals surface area (Å²) in [6.45, 7) is 4.16. The molecule has 0 fully saturated rings. The molecule has 176 valence electrons. The van der Waals surface area contributed by atoms with E-state index in [-0.39, 0.29) is 30.1 Å². The Morgan fingerprint density at radius 3 is 2.43 bits per heavy atom. The SMILES string of the molecule is Cc1ccc(NC(=O)CSC2=NC(=Cc3ccc4c(c3)OCO4)C(=O)N2c2ccc(C)cc2)cc1. The summed E-state index contributed by atoms with van der Waals surface area (Å²) in [5.74, 6) is 0.982. The number of hydrogen-bond acceptors (Lipinski definition) is 6. The van der Waals surface area contributed by atoms with Gasteiger partial charge in [0.15, 0.2) is 16.7 Å². The fourth-order valence-electron chi connectivity index (χ4n) is 3.64. The van der Waals surface area contributed by atoms with Crippen molar-refractivity contribution in [3.8, 4) is 11.5 Å². The van der Waals surface area contributed by atoms with Gasteiger partial charge in [-0.25, -0.2) is 4.99 Å². The van der Waals surface area contributed by atoms with E-state index >= 15 is 0 Å². The van der Waals surface area contributed by atoms with E-state index in [2.05, 4.69) is 10.3 Å². The fraction of sp³-hybridized carbons (Fsp3) is 0.148. The third kappa shape index (κ3) is 5.07. The highest BCUT2D eigenvalue weighted by Gasteiger charge is 2.32.